The minimum absolute atomic E-state index is 0.200. The van der Waals surface area contributed by atoms with Crippen molar-refractivity contribution in [3.05, 3.63) is 68.5 Å². The van der Waals surface area contributed by atoms with Crippen molar-refractivity contribution in [2.24, 2.45) is 0 Å². The third-order valence-electron chi connectivity index (χ3n) is 2.99. The zero-order chi connectivity index (χ0) is 14.1. The molecule has 6 heteroatoms. The van der Waals surface area contributed by atoms with Crippen molar-refractivity contribution in [3.63, 3.8) is 0 Å². The molecule has 1 aromatic heterocycles. The molecule has 1 aliphatic carbocycles. The lowest BCUT2D eigenvalue weighted by Gasteiger charge is -2.09. The minimum atomic E-state index is -0.814. The molecule has 1 unspecified atom stereocenters. The van der Waals surface area contributed by atoms with Gasteiger partial charge in [-0.2, -0.15) is 0 Å². The number of H-pyrrole nitrogens is 2. The summed E-state index contributed by atoms with van der Waals surface area (Å²) in [4.78, 5) is 39.6. The summed E-state index contributed by atoms with van der Waals surface area (Å²) in [5.41, 5.74) is -0.640. The summed E-state index contributed by atoms with van der Waals surface area (Å²) in [6, 6.07) is 8.58. The molecule has 100 valence electrons. The average molecular weight is 270 g/mol. The predicted octanol–water partition coefficient (Wildman–Crippen LogP) is 0.779. The summed E-state index contributed by atoms with van der Waals surface area (Å²) in [7, 11) is 0. The van der Waals surface area contributed by atoms with Gasteiger partial charge in [0, 0.05) is 0 Å². The Balaban J connectivity index is 1.92. The fourth-order valence-corrected chi connectivity index (χ4v) is 2.11. The highest BCUT2D eigenvalue weighted by Gasteiger charge is 2.29. The molecule has 0 fully saturated rings. The monoisotopic (exact) mass is 270 g/mol. The first-order valence-electron chi connectivity index (χ1n) is 5.96. The molecule has 3 rings (SSSR count). The van der Waals surface area contributed by atoms with Crippen LogP contribution in [-0.4, -0.2) is 15.9 Å². The second-order valence-electron chi connectivity index (χ2n) is 4.31. The van der Waals surface area contributed by atoms with E-state index in [1.807, 2.05) is 0 Å². The quantitative estimate of drug-likeness (QED) is 0.623. The molecule has 0 aliphatic heterocycles. The lowest BCUT2D eigenvalue weighted by atomic mass is 10.1. The second kappa shape index (κ2) is 4.65. The first-order valence-corrected chi connectivity index (χ1v) is 5.96. The standard InChI is InChI=1S/C14H10N2O4/c17-12-11-9(6-7-10(11)15-14(19)16-12)13(18)20-8-4-2-1-3-5-8/h1-7,9H,(H2,15,16,17,19). The van der Waals surface area contributed by atoms with Crippen LogP contribution in [0.4, 0.5) is 0 Å². The van der Waals surface area contributed by atoms with Crippen LogP contribution in [0.15, 0.2) is 46.0 Å². The molecule has 0 bridgehead atoms. The van der Waals surface area contributed by atoms with E-state index in [9.17, 15) is 14.4 Å². The highest BCUT2D eigenvalue weighted by Crippen LogP contribution is 2.26. The summed E-state index contributed by atoms with van der Waals surface area (Å²) in [5.74, 6) is -0.977. The molecule has 1 atom stereocenters. The second-order valence-corrected chi connectivity index (χ2v) is 4.31. The Hall–Kier alpha value is -2.89. The molecule has 1 aliphatic rings. The van der Waals surface area contributed by atoms with Crippen molar-refractivity contribution in [3.8, 4) is 5.75 Å². The number of fused-ring (bicyclic) bond motifs is 1. The van der Waals surface area contributed by atoms with Crippen LogP contribution in [0.3, 0.4) is 0 Å². The molecule has 2 aromatic rings. The van der Waals surface area contributed by atoms with Gasteiger partial charge in [0.15, 0.2) is 0 Å². The minimum Gasteiger partial charge on any atom is -0.426 e. The van der Waals surface area contributed by atoms with Gasteiger partial charge in [0.1, 0.15) is 11.7 Å². The maximum atomic E-state index is 12.1. The van der Waals surface area contributed by atoms with Gasteiger partial charge in [-0.3, -0.25) is 14.6 Å². The number of rotatable bonds is 2. The third kappa shape index (κ3) is 2.07. The summed E-state index contributed by atoms with van der Waals surface area (Å²) in [6.07, 6.45) is 3.06. The average Bonchev–Trinajstić information content (AvgIpc) is 2.84. The Morgan fingerprint density at radius 3 is 2.60 bits per heavy atom. The van der Waals surface area contributed by atoms with Crippen LogP contribution in [0.1, 0.15) is 17.2 Å². The zero-order valence-electron chi connectivity index (χ0n) is 10.3. The smallest absolute Gasteiger partial charge is 0.326 e. The Bertz CT molecular complexity index is 802. The number of hydrogen-bond acceptors (Lipinski definition) is 4. The molecule has 0 spiro atoms. The number of aromatic amines is 2. The van der Waals surface area contributed by atoms with Crippen LogP contribution in [0.2, 0.25) is 0 Å². The van der Waals surface area contributed by atoms with Crippen LogP contribution in [0.5, 0.6) is 5.75 Å². The van der Waals surface area contributed by atoms with Gasteiger partial charge in [0.25, 0.3) is 5.56 Å². The molecule has 6 nitrogen and oxygen atoms in total. The zero-order valence-corrected chi connectivity index (χ0v) is 10.3. The Labute approximate surface area is 112 Å². The molecule has 2 N–H and O–H groups in total. The lowest BCUT2D eigenvalue weighted by Crippen LogP contribution is -2.29. The van der Waals surface area contributed by atoms with Crippen molar-refractivity contribution in [1.29, 1.82) is 0 Å². The fraction of sp³-hybridized carbons (Fsp3) is 0.0714. The van der Waals surface area contributed by atoms with Crippen LogP contribution < -0.4 is 16.0 Å². The number of benzene rings is 1. The SMILES string of the molecule is O=C(Oc1ccccc1)C1C=Cc2[nH]c(=O)[nH]c(=O)c21. The maximum Gasteiger partial charge on any atom is 0.326 e. The number of carbonyl (C=O) groups is 1. The van der Waals surface area contributed by atoms with Crippen LogP contribution in [-0.2, 0) is 4.79 Å². The Kier molecular flexibility index (Phi) is 2.83. The van der Waals surface area contributed by atoms with Crippen LogP contribution >= 0.6 is 0 Å². The molecular formula is C14H10N2O4. The van der Waals surface area contributed by atoms with Crippen molar-refractivity contribution in [2.75, 3.05) is 0 Å². The number of esters is 1. The topological polar surface area (TPSA) is 92.0 Å². The predicted molar refractivity (Wildman–Crippen MR) is 71.5 cm³/mol. The normalized spacial score (nSPS) is 15.9. The van der Waals surface area contributed by atoms with Gasteiger partial charge in [-0.1, -0.05) is 24.3 Å². The van der Waals surface area contributed by atoms with Crippen molar-refractivity contribution >= 4 is 12.0 Å². The molecule has 1 heterocycles. The number of nitrogens with one attached hydrogen (secondary N) is 2. The van der Waals surface area contributed by atoms with E-state index in [0.717, 1.165) is 0 Å². The van der Waals surface area contributed by atoms with Crippen molar-refractivity contribution in [2.45, 2.75) is 5.92 Å². The first-order chi connectivity index (χ1) is 9.65. The van der Waals surface area contributed by atoms with E-state index in [-0.39, 0.29) is 5.56 Å². The van der Waals surface area contributed by atoms with E-state index in [4.69, 9.17) is 4.74 Å². The van der Waals surface area contributed by atoms with E-state index in [2.05, 4.69) is 9.97 Å². The van der Waals surface area contributed by atoms with Gasteiger partial charge in [-0.15, -0.1) is 0 Å². The fourth-order valence-electron chi connectivity index (χ4n) is 2.11. The first kappa shape index (κ1) is 12.2. The Morgan fingerprint density at radius 1 is 1.10 bits per heavy atom. The highest BCUT2D eigenvalue weighted by molar-refractivity contribution is 5.87. The van der Waals surface area contributed by atoms with Gasteiger partial charge in [0.05, 0.1) is 11.3 Å². The van der Waals surface area contributed by atoms with E-state index in [1.165, 1.54) is 12.2 Å². The summed E-state index contributed by atoms with van der Waals surface area (Å²) in [6.45, 7) is 0. The van der Waals surface area contributed by atoms with Crippen LogP contribution in [0, 0.1) is 0 Å². The van der Waals surface area contributed by atoms with Crippen molar-refractivity contribution in [1.82, 2.24) is 9.97 Å². The van der Waals surface area contributed by atoms with Gasteiger partial charge in [0.2, 0.25) is 0 Å². The lowest BCUT2D eigenvalue weighted by molar-refractivity contribution is -0.134. The van der Waals surface area contributed by atoms with E-state index < -0.39 is 23.1 Å². The summed E-state index contributed by atoms with van der Waals surface area (Å²) in [5, 5.41) is 0. The van der Waals surface area contributed by atoms with E-state index in [1.54, 1.807) is 30.3 Å². The number of hydrogen-bond donors (Lipinski definition) is 2. The van der Waals surface area contributed by atoms with Gasteiger partial charge < -0.3 is 9.72 Å². The molecule has 0 amide bonds. The maximum absolute atomic E-state index is 12.1. The number of ether oxygens (including phenoxy) is 1. The van der Waals surface area contributed by atoms with E-state index in [0.29, 0.717) is 11.4 Å². The molecular weight excluding hydrogens is 260 g/mol. The largest absolute Gasteiger partial charge is 0.426 e. The van der Waals surface area contributed by atoms with Crippen molar-refractivity contribution < 1.29 is 9.53 Å². The summed E-state index contributed by atoms with van der Waals surface area (Å²) < 4.78 is 5.21. The highest BCUT2D eigenvalue weighted by atomic mass is 16.5. The molecule has 0 radical (unpaired) electrons. The van der Waals surface area contributed by atoms with E-state index >= 15 is 0 Å². The van der Waals surface area contributed by atoms with Gasteiger partial charge >= 0.3 is 11.7 Å². The van der Waals surface area contributed by atoms with Crippen LogP contribution in [0.25, 0.3) is 6.08 Å². The third-order valence-corrected chi connectivity index (χ3v) is 2.99. The molecule has 1 aromatic carbocycles. The number of aromatic nitrogens is 2. The number of carbonyl (C=O) groups excluding carboxylic acids is 1. The van der Waals surface area contributed by atoms with Gasteiger partial charge in [-0.05, 0) is 18.2 Å². The summed E-state index contributed by atoms with van der Waals surface area (Å²) >= 11 is 0. The number of para-hydroxylation sites is 1. The molecule has 0 saturated carbocycles. The molecule has 0 saturated heterocycles. The Morgan fingerprint density at radius 2 is 1.85 bits per heavy atom. The molecule has 20 heavy (non-hydrogen) atoms. The van der Waals surface area contributed by atoms with Gasteiger partial charge in [-0.25, -0.2) is 4.79 Å².